The third kappa shape index (κ3) is 4.30. The Morgan fingerprint density at radius 3 is 2.65 bits per heavy atom. The lowest BCUT2D eigenvalue weighted by atomic mass is 10.1. The van der Waals surface area contributed by atoms with E-state index < -0.39 is 21.6 Å². The molecular weight excluding hydrogens is 282 g/mol. The van der Waals surface area contributed by atoms with Gasteiger partial charge >= 0.3 is 0 Å². The van der Waals surface area contributed by atoms with Gasteiger partial charge in [-0.1, -0.05) is 0 Å². The summed E-state index contributed by atoms with van der Waals surface area (Å²) in [7, 11) is 0.552. The van der Waals surface area contributed by atoms with E-state index in [9.17, 15) is 19.1 Å². The summed E-state index contributed by atoms with van der Waals surface area (Å²) in [5, 5.41) is 16.3. The fourth-order valence-electron chi connectivity index (χ4n) is 1.74. The number of amides is 1. The quantitative estimate of drug-likeness (QED) is 0.605. The van der Waals surface area contributed by atoms with Crippen molar-refractivity contribution < 1.29 is 13.9 Å². The van der Waals surface area contributed by atoms with Gasteiger partial charge in [-0.15, -0.1) is 0 Å². The second-order valence-electron chi connectivity index (χ2n) is 4.35. The van der Waals surface area contributed by atoms with Crippen LogP contribution in [0.5, 0.6) is 0 Å². The van der Waals surface area contributed by atoms with Crippen LogP contribution in [0.25, 0.3) is 0 Å². The molecule has 2 unspecified atom stereocenters. The molecule has 7 nitrogen and oxygen atoms in total. The highest BCUT2D eigenvalue weighted by molar-refractivity contribution is 7.84. The Kier molecular flexibility index (Phi) is 5.63. The number of rotatable bonds is 6. The van der Waals surface area contributed by atoms with E-state index in [2.05, 4.69) is 10.6 Å². The average molecular weight is 299 g/mol. The summed E-state index contributed by atoms with van der Waals surface area (Å²) in [6.07, 6.45) is 1.55. The van der Waals surface area contributed by atoms with Crippen LogP contribution in [-0.4, -0.2) is 40.1 Å². The van der Waals surface area contributed by atoms with E-state index >= 15 is 0 Å². The third-order valence-corrected chi connectivity index (χ3v) is 3.56. The maximum Gasteiger partial charge on any atom is 0.293 e. The summed E-state index contributed by atoms with van der Waals surface area (Å²) in [5.41, 5.74) is 0.380. The lowest BCUT2D eigenvalue weighted by molar-refractivity contribution is -0.384. The van der Waals surface area contributed by atoms with Gasteiger partial charge < -0.3 is 10.6 Å². The molecule has 2 N–H and O–H groups in total. The summed E-state index contributed by atoms with van der Waals surface area (Å²) in [6.45, 7) is 1.73. The SMILES string of the molecule is CNc1ccc(C(=O)NC(C)CS(C)=O)cc1[N+](=O)[O-]. The van der Waals surface area contributed by atoms with Crippen molar-refractivity contribution in [1.29, 1.82) is 0 Å². The molecule has 1 amide bonds. The number of hydrogen-bond acceptors (Lipinski definition) is 5. The first-order valence-electron chi connectivity index (χ1n) is 5.92. The number of hydrogen-bond donors (Lipinski definition) is 2. The lowest BCUT2D eigenvalue weighted by Crippen LogP contribution is -2.36. The zero-order valence-electron chi connectivity index (χ0n) is 11.5. The number of benzene rings is 1. The molecule has 0 heterocycles. The van der Waals surface area contributed by atoms with Gasteiger partial charge in [0.25, 0.3) is 11.6 Å². The number of nitro groups is 1. The zero-order chi connectivity index (χ0) is 15.3. The normalized spacial score (nSPS) is 13.3. The van der Waals surface area contributed by atoms with Crippen molar-refractivity contribution in [3.8, 4) is 0 Å². The average Bonchev–Trinajstić information content (AvgIpc) is 2.36. The fourth-order valence-corrected chi connectivity index (χ4v) is 2.52. The molecule has 0 saturated carbocycles. The van der Waals surface area contributed by atoms with E-state index in [1.54, 1.807) is 20.2 Å². The van der Waals surface area contributed by atoms with Crippen LogP contribution in [-0.2, 0) is 10.8 Å². The Hall–Kier alpha value is -1.96. The summed E-state index contributed by atoms with van der Waals surface area (Å²) < 4.78 is 11.1. The predicted octanol–water partition coefficient (Wildman–Crippen LogP) is 1.13. The van der Waals surface area contributed by atoms with Crippen LogP contribution in [0.2, 0.25) is 0 Å². The maximum absolute atomic E-state index is 12.0. The molecule has 1 aromatic carbocycles. The van der Waals surface area contributed by atoms with Gasteiger partial charge in [0, 0.05) is 47.5 Å². The second-order valence-corrected chi connectivity index (χ2v) is 5.83. The fraction of sp³-hybridized carbons (Fsp3) is 0.417. The molecule has 1 aromatic rings. The molecular formula is C12H17N3O4S. The Balaban J connectivity index is 2.91. The number of nitro benzene ring substituents is 1. The highest BCUT2D eigenvalue weighted by Gasteiger charge is 2.18. The van der Waals surface area contributed by atoms with Crippen LogP contribution < -0.4 is 10.6 Å². The first kappa shape index (κ1) is 16.1. The van der Waals surface area contributed by atoms with E-state index in [-0.39, 0.29) is 17.3 Å². The molecule has 1 rings (SSSR count). The molecule has 0 aromatic heterocycles. The molecule has 8 heteroatoms. The van der Waals surface area contributed by atoms with Crippen molar-refractivity contribution in [2.75, 3.05) is 24.4 Å². The largest absolute Gasteiger partial charge is 0.383 e. The van der Waals surface area contributed by atoms with Crippen molar-refractivity contribution in [3.05, 3.63) is 33.9 Å². The maximum atomic E-state index is 12.0. The van der Waals surface area contributed by atoms with Crippen LogP contribution in [0.1, 0.15) is 17.3 Å². The number of nitrogens with one attached hydrogen (secondary N) is 2. The van der Waals surface area contributed by atoms with Gasteiger partial charge in [-0.3, -0.25) is 19.1 Å². The molecule has 0 aliphatic carbocycles. The first-order valence-corrected chi connectivity index (χ1v) is 7.65. The van der Waals surface area contributed by atoms with Crippen molar-refractivity contribution in [2.45, 2.75) is 13.0 Å². The Bertz CT molecular complexity index is 548. The Morgan fingerprint density at radius 2 is 2.15 bits per heavy atom. The van der Waals surface area contributed by atoms with Gasteiger partial charge in [0.2, 0.25) is 0 Å². The number of carbonyl (C=O) groups excluding carboxylic acids is 1. The van der Waals surface area contributed by atoms with Gasteiger partial charge in [-0.2, -0.15) is 0 Å². The van der Waals surface area contributed by atoms with Gasteiger partial charge in [-0.25, -0.2) is 0 Å². The molecule has 0 saturated heterocycles. The van der Waals surface area contributed by atoms with E-state index in [1.807, 2.05) is 0 Å². The Morgan fingerprint density at radius 1 is 1.50 bits per heavy atom. The molecule has 20 heavy (non-hydrogen) atoms. The van der Waals surface area contributed by atoms with Crippen molar-refractivity contribution in [1.82, 2.24) is 5.32 Å². The first-order chi connectivity index (χ1) is 9.35. The third-order valence-electron chi connectivity index (χ3n) is 2.59. The van der Waals surface area contributed by atoms with Crippen LogP contribution in [0.4, 0.5) is 11.4 Å². The van der Waals surface area contributed by atoms with E-state index in [0.717, 1.165) is 0 Å². The summed E-state index contributed by atoms with van der Waals surface area (Å²) in [4.78, 5) is 22.3. The second kappa shape index (κ2) is 6.99. The molecule has 110 valence electrons. The summed E-state index contributed by atoms with van der Waals surface area (Å²) in [5.74, 6) is -0.0868. The molecule has 0 spiro atoms. The minimum absolute atomic E-state index is 0.160. The number of nitrogens with zero attached hydrogens (tertiary/aromatic N) is 1. The monoisotopic (exact) mass is 299 g/mol. The van der Waals surface area contributed by atoms with Crippen molar-refractivity contribution >= 4 is 28.1 Å². The van der Waals surface area contributed by atoms with Crippen LogP contribution in [0, 0.1) is 10.1 Å². The van der Waals surface area contributed by atoms with E-state index in [1.165, 1.54) is 18.2 Å². The minimum Gasteiger partial charge on any atom is -0.383 e. The highest BCUT2D eigenvalue weighted by Crippen LogP contribution is 2.24. The smallest absolute Gasteiger partial charge is 0.293 e. The van der Waals surface area contributed by atoms with Gasteiger partial charge in [-0.05, 0) is 19.1 Å². The number of carbonyl (C=O) groups is 1. The number of anilines is 1. The zero-order valence-corrected chi connectivity index (χ0v) is 12.3. The Labute approximate surface area is 119 Å². The van der Waals surface area contributed by atoms with Gasteiger partial charge in [0.1, 0.15) is 5.69 Å². The van der Waals surface area contributed by atoms with Crippen LogP contribution >= 0.6 is 0 Å². The summed E-state index contributed by atoms with van der Waals surface area (Å²) in [6, 6.07) is 3.94. The summed E-state index contributed by atoms with van der Waals surface area (Å²) >= 11 is 0. The predicted molar refractivity (Wildman–Crippen MR) is 78.5 cm³/mol. The van der Waals surface area contributed by atoms with E-state index in [4.69, 9.17) is 0 Å². The van der Waals surface area contributed by atoms with Crippen molar-refractivity contribution in [3.63, 3.8) is 0 Å². The standard InChI is InChI=1S/C12H17N3O4S/c1-8(7-20(3)19)14-12(16)9-4-5-10(13-2)11(6-9)15(17)18/h4-6,8,13H,7H2,1-3H3,(H,14,16). The van der Waals surface area contributed by atoms with E-state index in [0.29, 0.717) is 11.4 Å². The minimum atomic E-state index is -1.02. The molecule has 0 bridgehead atoms. The molecule has 0 fully saturated rings. The topological polar surface area (TPSA) is 101 Å². The molecule has 0 aliphatic heterocycles. The highest BCUT2D eigenvalue weighted by atomic mass is 32.2. The van der Waals surface area contributed by atoms with Crippen LogP contribution in [0.3, 0.4) is 0 Å². The van der Waals surface area contributed by atoms with Gasteiger partial charge in [0.15, 0.2) is 0 Å². The lowest BCUT2D eigenvalue weighted by Gasteiger charge is -2.12. The van der Waals surface area contributed by atoms with Crippen LogP contribution in [0.15, 0.2) is 18.2 Å². The van der Waals surface area contributed by atoms with Crippen molar-refractivity contribution in [2.24, 2.45) is 0 Å². The molecule has 0 radical (unpaired) electrons. The molecule has 2 atom stereocenters. The molecule has 0 aliphatic rings. The van der Waals surface area contributed by atoms with Gasteiger partial charge in [0.05, 0.1) is 4.92 Å².